The second-order valence-electron chi connectivity index (χ2n) is 6.82. The van der Waals surface area contributed by atoms with Gasteiger partial charge in [-0.2, -0.15) is 0 Å². The van der Waals surface area contributed by atoms with Crippen LogP contribution >= 0.6 is 0 Å². The van der Waals surface area contributed by atoms with Crippen LogP contribution in [0.1, 0.15) is 57.7 Å². The molecule has 0 radical (unpaired) electrons. The number of benzene rings is 1. The summed E-state index contributed by atoms with van der Waals surface area (Å²) in [5, 5.41) is 15.1. The third kappa shape index (κ3) is 4.43. The number of nitrogens with one attached hydrogen (secondary N) is 2. The van der Waals surface area contributed by atoms with Gasteiger partial charge in [-0.25, -0.2) is 0 Å². The monoisotopic (exact) mass is 369 g/mol. The van der Waals surface area contributed by atoms with Gasteiger partial charge in [-0.05, 0) is 37.0 Å². The second-order valence-corrected chi connectivity index (χ2v) is 6.82. The minimum Gasteiger partial charge on any atom is -0.389 e. The van der Waals surface area contributed by atoms with E-state index in [0.717, 1.165) is 24.0 Å². The first-order chi connectivity index (χ1) is 12.9. The maximum absolute atomic E-state index is 12.7. The van der Waals surface area contributed by atoms with Crippen molar-refractivity contribution >= 4 is 11.8 Å². The molecule has 7 heteroatoms. The number of rotatable bonds is 6. The lowest BCUT2D eigenvalue weighted by atomic mass is 10.1. The Labute approximate surface area is 157 Å². The summed E-state index contributed by atoms with van der Waals surface area (Å²) in [6.45, 7) is 1.85. The zero-order valence-electron chi connectivity index (χ0n) is 15.4. The van der Waals surface area contributed by atoms with Crippen molar-refractivity contribution in [1.82, 2.24) is 15.2 Å². The lowest BCUT2D eigenvalue weighted by molar-refractivity contribution is 0.0950. The molecule has 1 fully saturated rings. The van der Waals surface area contributed by atoms with Crippen molar-refractivity contribution < 1.29 is 14.7 Å². The third-order valence-electron chi connectivity index (χ3n) is 4.52. The summed E-state index contributed by atoms with van der Waals surface area (Å²) in [4.78, 5) is 37.3. The Morgan fingerprint density at radius 1 is 1.26 bits per heavy atom. The first-order valence-electron chi connectivity index (χ1n) is 8.93. The van der Waals surface area contributed by atoms with Gasteiger partial charge in [0.1, 0.15) is 5.56 Å². The first-order valence-corrected chi connectivity index (χ1v) is 8.93. The molecular weight excluding hydrogens is 346 g/mol. The fourth-order valence-electron chi connectivity index (χ4n) is 2.82. The number of hydrogen-bond donors (Lipinski definition) is 3. The van der Waals surface area contributed by atoms with Crippen LogP contribution < -0.4 is 16.2 Å². The molecule has 2 aromatic rings. The molecule has 0 aliphatic heterocycles. The molecule has 1 aromatic carbocycles. The molecule has 3 rings (SSSR count). The number of pyridine rings is 1. The van der Waals surface area contributed by atoms with Crippen molar-refractivity contribution in [2.24, 2.45) is 0 Å². The fraction of sp³-hybridized carbons (Fsp3) is 0.350. The average Bonchev–Trinajstić information content (AvgIpc) is 3.46. The number of nitrogens with zero attached hydrogens (tertiary/aromatic N) is 1. The van der Waals surface area contributed by atoms with E-state index in [2.05, 4.69) is 10.6 Å². The van der Waals surface area contributed by atoms with Crippen molar-refractivity contribution in [3.63, 3.8) is 0 Å². The molecule has 142 valence electrons. The molecule has 0 saturated heterocycles. The van der Waals surface area contributed by atoms with Gasteiger partial charge in [0.25, 0.3) is 17.4 Å². The predicted octanol–water partition coefficient (Wildman–Crippen LogP) is 1.20. The van der Waals surface area contributed by atoms with Gasteiger partial charge < -0.3 is 20.3 Å². The van der Waals surface area contributed by atoms with Gasteiger partial charge in [-0.15, -0.1) is 0 Å². The Hall–Kier alpha value is -2.93. The van der Waals surface area contributed by atoms with Crippen molar-refractivity contribution in [3.8, 4) is 0 Å². The Morgan fingerprint density at radius 2 is 2.00 bits per heavy atom. The second kappa shape index (κ2) is 7.75. The van der Waals surface area contributed by atoms with Crippen LogP contribution in [0.3, 0.4) is 0 Å². The van der Waals surface area contributed by atoms with E-state index in [1.807, 2.05) is 6.07 Å². The number of aromatic nitrogens is 1. The summed E-state index contributed by atoms with van der Waals surface area (Å²) >= 11 is 0. The molecular formula is C20H23N3O4. The number of amides is 2. The summed E-state index contributed by atoms with van der Waals surface area (Å²) in [6.07, 6.45) is 2.74. The highest BCUT2D eigenvalue weighted by Crippen LogP contribution is 2.19. The van der Waals surface area contributed by atoms with Gasteiger partial charge in [0.05, 0.1) is 18.2 Å². The summed E-state index contributed by atoms with van der Waals surface area (Å²) in [7, 11) is 1.44. The van der Waals surface area contributed by atoms with E-state index in [-0.39, 0.29) is 29.6 Å². The molecule has 3 N–H and O–H groups in total. The van der Waals surface area contributed by atoms with E-state index in [1.54, 1.807) is 25.1 Å². The van der Waals surface area contributed by atoms with Crippen LogP contribution in [0.2, 0.25) is 0 Å². The molecule has 1 aliphatic carbocycles. The Kier molecular flexibility index (Phi) is 5.41. The molecule has 2 amide bonds. The predicted molar refractivity (Wildman–Crippen MR) is 101 cm³/mol. The molecule has 0 spiro atoms. The Morgan fingerprint density at radius 3 is 2.63 bits per heavy atom. The summed E-state index contributed by atoms with van der Waals surface area (Å²) in [5.74, 6) is -0.832. The minimum atomic E-state index is -0.626. The molecule has 0 unspecified atom stereocenters. The lowest BCUT2D eigenvalue weighted by Crippen LogP contribution is -2.34. The zero-order valence-corrected chi connectivity index (χ0v) is 15.4. The average molecular weight is 369 g/mol. The smallest absolute Gasteiger partial charge is 0.263 e. The summed E-state index contributed by atoms with van der Waals surface area (Å²) < 4.78 is 1.35. The number of aliphatic hydroxyl groups excluding tert-OH is 1. The Balaban J connectivity index is 1.99. The lowest BCUT2D eigenvalue weighted by Gasteiger charge is -2.13. The summed E-state index contributed by atoms with van der Waals surface area (Å²) in [6, 6.07) is 8.73. The maximum atomic E-state index is 12.7. The van der Waals surface area contributed by atoms with Crippen molar-refractivity contribution in [3.05, 3.63) is 69.1 Å². The first kappa shape index (κ1) is 18.8. The minimum absolute atomic E-state index is 0.0763. The number of carbonyl (C=O) groups excluding carboxylic acids is 2. The standard InChI is InChI=1S/C20H23N3O4/c1-12(24)14-5-3-4-13(8-14)10-23-11-15(18(25)22-16-6-7-16)9-17(20(23)27)19(26)21-2/h3-5,8-9,11-12,16,24H,6-7,10H2,1-2H3,(H,21,26)(H,22,25)/t12-/m0/s1. The van der Waals surface area contributed by atoms with E-state index in [4.69, 9.17) is 0 Å². The van der Waals surface area contributed by atoms with Crippen LogP contribution in [0.5, 0.6) is 0 Å². The van der Waals surface area contributed by atoms with Gasteiger partial charge in [0.2, 0.25) is 0 Å². The normalized spacial score (nSPS) is 14.5. The van der Waals surface area contributed by atoms with Crippen LogP contribution in [0.4, 0.5) is 0 Å². The van der Waals surface area contributed by atoms with E-state index in [9.17, 15) is 19.5 Å². The van der Waals surface area contributed by atoms with Gasteiger partial charge in [-0.1, -0.05) is 24.3 Å². The molecule has 1 aromatic heterocycles. The van der Waals surface area contributed by atoms with Crippen molar-refractivity contribution in [1.29, 1.82) is 0 Å². The highest BCUT2D eigenvalue weighted by molar-refractivity contribution is 5.99. The number of carbonyl (C=O) groups is 2. The quantitative estimate of drug-likeness (QED) is 0.712. The molecule has 1 atom stereocenters. The molecule has 7 nitrogen and oxygen atoms in total. The maximum Gasteiger partial charge on any atom is 0.263 e. The Bertz CT molecular complexity index is 929. The van der Waals surface area contributed by atoms with E-state index >= 15 is 0 Å². The number of hydrogen-bond acceptors (Lipinski definition) is 4. The molecule has 1 aliphatic rings. The van der Waals surface area contributed by atoms with Gasteiger partial charge in [-0.3, -0.25) is 14.4 Å². The van der Waals surface area contributed by atoms with E-state index < -0.39 is 17.6 Å². The van der Waals surface area contributed by atoms with E-state index in [0.29, 0.717) is 0 Å². The van der Waals surface area contributed by atoms with Crippen LogP contribution in [0.25, 0.3) is 0 Å². The van der Waals surface area contributed by atoms with Crippen molar-refractivity contribution in [2.75, 3.05) is 7.05 Å². The fourth-order valence-corrected chi connectivity index (χ4v) is 2.82. The van der Waals surface area contributed by atoms with Crippen molar-refractivity contribution in [2.45, 2.75) is 38.5 Å². The highest BCUT2D eigenvalue weighted by atomic mass is 16.3. The van der Waals surface area contributed by atoms with Crippen LogP contribution in [-0.4, -0.2) is 34.6 Å². The zero-order chi connectivity index (χ0) is 19.6. The van der Waals surface area contributed by atoms with Gasteiger partial charge in [0, 0.05) is 19.3 Å². The highest BCUT2D eigenvalue weighted by Gasteiger charge is 2.25. The molecule has 1 heterocycles. The van der Waals surface area contributed by atoms with Crippen LogP contribution in [0.15, 0.2) is 41.3 Å². The van der Waals surface area contributed by atoms with E-state index in [1.165, 1.54) is 23.9 Å². The summed E-state index contributed by atoms with van der Waals surface area (Å²) in [5.41, 5.74) is 1.24. The van der Waals surface area contributed by atoms with Gasteiger partial charge in [0.15, 0.2) is 0 Å². The SMILES string of the molecule is CNC(=O)c1cc(C(=O)NC2CC2)cn(Cc2cccc([C@H](C)O)c2)c1=O. The molecule has 1 saturated carbocycles. The molecule has 0 bridgehead atoms. The van der Waals surface area contributed by atoms with Gasteiger partial charge >= 0.3 is 0 Å². The third-order valence-corrected chi connectivity index (χ3v) is 4.52. The molecule has 27 heavy (non-hydrogen) atoms. The van der Waals surface area contributed by atoms with Crippen LogP contribution in [-0.2, 0) is 6.54 Å². The topological polar surface area (TPSA) is 100 Å². The number of aliphatic hydroxyl groups is 1. The van der Waals surface area contributed by atoms with Crippen LogP contribution in [0, 0.1) is 0 Å². The largest absolute Gasteiger partial charge is 0.389 e.